The summed E-state index contributed by atoms with van der Waals surface area (Å²) in [6.45, 7) is 1.39. The average molecular weight is 518 g/mol. The second-order valence-electron chi connectivity index (χ2n) is 8.04. The van der Waals surface area contributed by atoms with E-state index in [2.05, 4.69) is 0 Å². The number of carbonyl (C=O) groups is 2. The van der Waals surface area contributed by atoms with Gasteiger partial charge in [-0.2, -0.15) is 13.2 Å². The first-order valence-electron chi connectivity index (χ1n) is 10.3. The van der Waals surface area contributed by atoms with Crippen molar-refractivity contribution in [1.82, 2.24) is 4.90 Å². The van der Waals surface area contributed by atoms with Crippen LogP contribution in [0.5, 0.6) is 0 Å². The van der Waals surface area contributed by atoms with Crippen molar-refractivity contribution in [1.29, 1.82) is 0 Å². The third-order valence-corrected chi connectivity index (χ3v) is 7.80. The smallest absolute Gasteiger partial charge is 0.369 e. The number of piperidine rings is 1. The minimum absolute atomic E-state index is 0.179. The molecule has 1 fully saturated rings. The summed E-state index contributed by atoms with van der Waals surface area (Å²) in [5, 5.41) is -0.594. The van der Waals surface area contributed by atoms with Crippen LogP contribution in [0.3, 0.4) is 0 Å². The van der Waals surface area contributed by atoms with E-state index in [1.807, 2.05) is 0 Å². The standard InChI is InChI=1S/C22H23ClF3N3O4S/c1-14-2-5-17(6-3-14)34(32,33)29(16-4-7-19(23)18(12-16)22(24,25)26)13-20(30)28-10-8-15(9-11-28)21(27)31/h2-7,12,15H,8-11,13H2,1H3,(H2,27,31). The zero-order valence-electron chi connectivity index (χ0n) is 18.2. The summed E-state index contributed by atoms with van der Waals surface area (Å²) >= 11 is 5.70. The van der Waals surface area contributed by atoms with E-state index < -0.39 is 45.1 Å². The Hall–Kier alpha value is -2.79. The molecule has 1 saturated heterocycles. The van der Waals surface area contributed by atoms with Gasteiger partial charge in [0, 0.05) is 19.0 Å². The molecule has 2 aromatic carbocycles. The number of rotatable bonds is 6. The normalized spacial score (nSPS) is 15.3. The van der Waals surface area contributed by atoms with Crippen LogP contribution in [-0.4, -0.2) is 44.8 Å². The van der Waals surface area contributed by atoms with Crippen LogP contribution in [0.4, 0.5) is 18.9 Å². The van der Waals surface area contributed by atoms with Crippen LogP contribution in [0.25, 0.3) is 0 Å². The summed E-state index contributed by atoms with van der Waals surface area (Å²) in [7, 11) is -4.40. The fraction of sp³-hybridized carbons (Fsp3) is 0.364. The maximum absolute atomic E-state index is 13.4. The number of primary amides is 1. The first-order valence-corrected chi connectivity index (χ1v) is 12.2. The van der Waals surface area contributed by atoms with Crippen LogP contribution >= 0.6 is 11.6 Å². The summed E-state index contributed by atoms with van der Waals surface area (Å²) in [6.07, 6.45) is -4.18. The van der Waals surface area contributed by atoms with Crippen molar-refractivity contribution in [3.8, 4) is 0 Å². The maximum atomic E-state index is 13.4. The molecular weight excluding hydrogens is 495 g/mol. The van der Waals surface area contributed by atoms with E-state index >= 15 is 0 Å². The Labute approximate surface area is 200 Å². The molecule has 1 aliphatic heterocycles. The predicted octanol–water partition coefficient (Wildman–Crippen LogP) is 3.59. The highest BCUT2D eigenvalue weighted by Crippen LogP contribution is 2.38. The van der Waals surface area contributed by atoms with Gasteiger partial charge < -0.3 is 10.6 Å². The Kier molecular flexibility index (Phi) is 7.47. The quantitative estimate of drug-likeness (QED) is 0.632. The molecule has 34 heavy (non-hydrogen) atoms. The fourth-order valence-electron chi connectivity index (χ4n) is 3.67. The third-order valence-electron chi connectivity index (χ3n) is 5.68. The van der Waals surface area contributed by atoms with E-state index in [1.165, 1.54) is 17.0 Å². The first-order chi connectivity index (χ1) is 15.8. The summed E-state index contributed by atoms with van der Waals surface area (Å²) in [5.74, 6) is -1.47. The topological polar surface area (TPSA) is 101 Å². The Morgan fingerprint density at radius 2 is 1.71 bits per heavy atom. The van der Waals surface area contributed by atoms with Gasteiger partial charge in [-0.15, -0.1) is 0 Å². The summed E-state index contributed by atoms with van der Waals surface area (Å²) in [6, 6.07) is 8.41. The highest BCUT2D eigenvalue weighted by Gasteiger charge is 2.36. The van der Waals surface area contributed by atoms with Crippen molar-refractivity contribution in [3.05, 3.63) is 58.6 Å². The van der Waals surface area contributed by atoms with Crippen LogP contribution in [0.15, 0.2) is 47.4 Å². The predicted molar refractivity (Wildman–Crippen MR) is 121 cm³/mol. The number of hydrogen-bond acceptors (Lipinski definition) is 4. The van der Waals surface area contributed by atoms with Crippen molar-refractivity contribution in [3.63, 3.8) is 0 Å². The lowest BCUT2D eigenvalue weighted by Gasteiger charge is -2.33. The van der Waals surface area contributed by atoms with E-state index in [1.54, 1.807) is 19.1 Å². The lowest BCUT2D eigenvalue weighted by molar-refractivity contribution is -0.137. The van der Waals surface area contributed by atoms with Gasteiger partial charge in [0.1, 0.15) is 6.54 Å². The molecular formula is C22H23ClF3N3O4S. The SMILES string of the molecule is Cc1ccc(S(=O)(=O)N(CC(=O)N2CCC(C(N)=O)CC2)c2ccc(Cl)c(C(F)(F)F)c2)cc1. The van der Waals surface area contributed by atoms with Crippen LogP contribution in [-0.2, 0) is 25.8 Å². The molecule has 3 rings (SSSR count). The number of carbonyl (C=O) groups excluding carboxylic acids is 2. The van der Waals surface area contributed by atoms with Gasteiger partial charge >= 0.3 is 6.18 Å². The molecule has 2 aromatic rings. The molecule has 0 bridgehead atoms. The molecule has 0 aromatic heterocycles. The minimum Gasteiger partial charge on any atom is -0.369 e. The average Bonchev–Trinajstić information content (AvgIpc) is 2.77. The lowest BCUT2D eigenvalue weighted by atomic mass is 9.96. The van der Waals surface area contributed by atoms with Gasteiger partial charge in [-0.3, -0.25) is 13.9 Å². The molecule has 184 valence electrons. The van der Waals surface area contributed by atoms with E-state index in [-0.39, 0.29) is 29.6 Å². The molecule has 2 N–H and O–H groups in total. The number of aryl methyl sites for hydroxylation is 1. The highest BCUT2D eigenvalue weighted by atomic mass is 35.5. The Balaban J connectivity index is 1.99. The number of hydrogen-bond donors (Lipinski definition) is 1. The van der Waals surface area contributed by atoms with Gasteiger partial charge in [0.05, 0.1) is 21.2 Å². The van der Waals surface area contributed by atoms with E-state index in [4.69, 9.17) is 17.3 Å². The number of alkyl halides is 3. The zero-order valence-corrected chi connectivity index (χ0v) is 19.8. The molecule has 1 aliphatic rings. The highest BCUT2D eigenvalue weighted by molar-refractivity contribution is 7.92. The number of likely N-dealkylation sites (tertiary alicyclic amines) is 1. The van der Waals surface area contributed by atoms with Gasteiger partial charge in [-0.05, 0) is 50.1 Å². The third kappa shape index (κ3) is 5.64. The second kappa shape index (κ2) is 9.83. The molecule has 1 heterocycles. The van der Waals surface area contributed by atoms with E-state index in [0.717, 1.165) is 17.7 Å². The lowest BCUT2D eigenvalue weighted by Crippen LogP contribution is -2.47. The van der Waals surface area contributed by atoms with Gasteiger partial charge in [-0.1, -0.05) is 29.3 Å². The summed E-state index contributed by atoms with van der Waals surface area (Å²) < 4.78 is 67.8. The monoisotopic (exact) mass is 517 g/mol. The van der Waals surface area contributed by atoms with Crippen LogP contribution in [0, 0.1) is 12.8 Å². The fourth-order valence-corrected chi connectivity index (χ4v) is 5.31. The number of sulfonamides is 1. The molecule has 7 nitrogen and oxygen atoms in total. The largest absolute Gasteiger partial charge is 0.417 e. The van der Waals surface area contributed by atoms with Crippen LogP contribution in [0.2, 0.25) is 5.02 Å². The first kappa shape index (κ1) is 25.8. The Morgan fingerprint density at radius 3 is 2.24 bits per heavy atom. The zero-order chi connectivity index (χ0) is 25.3. The van der Waals surface area contributed by atoms with E-state index in [0.29, 0.717) is 23.2 Å². The number of anilines is 1. The number of halogens is 4. The van der Waals surface area contributed by atoms with Gasteiger partial charge in [-0.25, -0.2) is 8.42 Å². The second-order valence-corrected chi connectivity index (χ2v) is 10.3. The van der Waals surface area contributed by atoms with Crippen molar-refractivity contribution in [2.24, 2.45) is 11.7 Å². The molecule has 0 saturated carbocycles. The Bertz CT molecular complexity index is 1180. The molecule has 0 unspecified atom stereocenters. The van der Waals surface area contributed by atoms with Gasteiger partial charge in [0.15, 0.2) is 0 Å². The molecule has 0 spiro atoms. The Morgan fingerprint density at radius 1 is 1.12 bits per heavy atom. The van der Waals surface area contributed by atoms with Crippen molar-refractivity contribution in [2.75, 3.05) is 23.9 Å². The molecule has 0 aliphatic carbocycles. The van der Waals surface area contributed by atoms with Crippen molar-refractivity contribution < 1.29 is 31.2 Å². The van der Waals surface area contributed by atoms with Gasteiger partial charge in [0.25, 0.3) is 10.0 Å². The van der Waals surface area contributed by atoms with E-state index in [9.17, 15) is 31.2 Å². The van der Waals surface area contributed by atoms with Crippen LogP contribution < -0.4 is 10.0 Å². The van der Waals surface area contributed by atoms with Crippen molar-refractivity contribution in [2.45, 2.75) is 30.8 Å². The number of benzene rings is 2. The molecule has 0 radical (unpaired) electrons. The minimum atomic E-state index is -4.83. The van der Waals surface area contributed by atoms with Crippen LogP contribution in [0.1, 0.15) is 24.0 Å². The molecule has 2 amide bonds. The van der Waals surface area contributed by atoms with Crippen molar-refractivity contribution >= 4 is 39.1 Å². The van der Waals surface area contributed by atoms with Gasteiger partial charge in [0.2, 0.25) is 11.8 Å². The number of nitrogens with two attached hydrogens (primary N) is 1. The summed E-state index contributed by atoms with van der Waals surface area (Å²) in [4.78, 5) is 25.6. The molecule has 0 atom stereocenters. The number of amides is 2. The maximum Gasteiger partial charge on any atom is 0.417 e. The summed E-state index contributed by atoms with van der Waals surface area (Å²) in [5.41, 5.74) is 4.52. The molecule has 12 heteroatoms. The number of nitrogens with zero attached hydrogens (tertiary/aromatic N) is 2.